The monoisotopic (exact) mass is 695 g/mol. The first-order valence-electron chi connectivity index (χ1n) is 18.3. The quantitative estimate of drug-likeness (QED) is 0.166. The van der Waals surface area contributed by atoms with E-state index in [1.165, 1.54) is 49.7 Å². The number of nitrogens with one attached hydrogen (secondary N) is 2. The van der Waals surface area contributed by atoms with Crippen LogP contribution in [0.5, 0.6) is 0 Å². The van der Waals surface area contributed by atoms with Gasteiger partial charge >= 0.3 is 0 Å². The molecule has 2 N–H and O–H groups in total. The zero-order chi connectivity index (χ0) is 37.9. The van der Waals surface area contributed by atoms with E-state index >= 15 is 0 Å². The molecule has 0 saturated heterocycles. The molecule has 52 heavy (non-hydrogen) atoms. The van der Waals surface area contributed by atoms with Gasteiger partial charge in [0.2, 0.25) is 0 Å². The molecule has 0 saturated carbocycles. The molecule has 7 aromatic rings. The van der Waals surface area contributed by atoms with Crippen LogP contribution >= 0.6 is 0 Å². The molecular formula is C45H57N7. The maximum atomic E-state index is 4.35. The first-order chi connectivity index (χ1) is 24.3. The van der Waals surface area contributed by atoms with Gasteiger partial charge in [-0.3, -0.25) is 4.99 Å². The largest absolute Gasteiger partial charge is 0.346 e. The maximum absolute atomic E-state index is 4.35. The number of aromatic amines is 2. The molecule has 8 rings (SSSR count). The topological polar surface area (TPSA) is 87.0 Å². The molecule has 0 fully saturated rings. The second kappa shape index (κ2) is 14.9. The van der Waals surface area contributed by atoms with Crippen LogP contribution in [-0.4, -0.2) is 35.8 Å². The van der Waals surface area contributed by atoms with Crippen LogP contribution in [0.4, 0.5) is 0 Å². The first kappa shape index (κ1) is 38.2. The number of H-pyrrole nitrogens is 2. The molecule has 6 aromatic heterocycles. The lowest BCUT2D eigenvalue weighted by atomic mass is 9.83. The molecule has 0 unspecified atom stereocenters. The number of nitrogens with zero attached hydrogens (tertiary/aromatic N) is 5. The van der Waals surface area contributed by atoms with Crippen LogP contribution in [0.15, 0.2) is 103 Å². The van der Waals surface area contributed by atoms with E-state index < -0.39 is 0 Å². The summed E-state index contributed by atoms with van der Waals surface area (Å²) in [5.74, 6) is 0. The number of hydrogen-bond acceptors (Lipinski definition) is 4. The number of aromatic nitrogens is 6. The minimum atomic E-state index is 0.170. The Kier molecular flexibility index (Phi) is 10.9. The van der Waals surface area contributed by atoms with Crippen LogP contribution in [0.2, 0.25) is 0 Å². The van der Waals surface area contributed by atoms with Crippen LogP contribution in [0.1, 0.15) is 116 Å². The van der Waals surface area contributed by atoms with Gasteiger partial charge < -0.3 is 9.97 Å². The molecule has 0 bridgehead atoms. The van der Waals surface area contributed by atoms with Crippen LogP contribution in [0.25, 0.3) is 27.6 Å². The summed E-state index contributed by atoms with van der Waals surface area (Å²) in [6.45, 7) is 27.5. The Hall–Kier alpha value is -5.04. The molecule has 0 amide bonds. The summed E-state index contributed by atoms with van der Waals surface area (Å²) in [6, 6.07) is 21.1. The van der Waals surface area contributed by atoms with E-state index in [4.69, 9.17) is 0 Å². The molecule has 1 aromatic carbocycles. The Morgan fingerprint density at radius 2 is 1.31 bits per heavy atom. The highest BCUT2D eigenvalue weighted by Crippen LogP contribution is 2.30. The van der Waals surface area contributed by atoms with Crippen molar-refractivity contribution in [3.8, 4) is 0 Å². The molecule has 1 aliphatic heterocycles. The normalized spacial score (nSPS) is 12.8. The lowest BCUT2D eigenvalue weighted by Crippen LogP contribution is -2.14. The zero-order valence-corrected chi connectivity index (χ0v) is 33.3. The Morgan fingerprint density at radius 3 is 2.00 bits per heavy atom. The second-order valence-corrected chi connectivity index (χ2v) is 17.7. The van der Waals surface area contributed by atoms with Crippen molar-refractivity contribution in [1.29, 1.82) is 0 Å². The van der Waals surface area contributed by atoms with Crippen molar-refractivity contribution in [1.82, 2.24) is 29.5 Å². The zero-order valence-electron chi connectivity index (χ0n) is 33.3. The average Bonchev–Trinajstić information content (AvgIpc) is 3.89. The second-order valence-electron chi connectivity index (χ2n) is 17.7. The minimum absolute atomic E-state index is 0.170. The van der Waals surface area contributed by atoms with Gasteiger partial charge in [-0.25, -0.2) is 14.5 Å². The fraction of sp³-hybridized carbons (Fsp3) is 0.378. The van der Waals surface area contributed by atoms with Gasteiger partial charge in [0.25, 0.3) is 0 Å². The predicted molar refractivity (Wildman–Crippen MR) is 220 cm³/mol. The summed E-state index contributed by atoms with van der Waals surface area (Å²) in [5.41, 5.74) is 11.9. The summed E-state index contributed by atoms with van der Waals surface area (Å²) in [5, 5.41) is 6.72. The van der Waals surface area contributed by atoms with Crippen LogP contribution in [0, 0.1) is 0 Å². The Labute approximate surface area is 310 Å². The van der Waals surface area contributed by atoms with E-state index in [0.717, 1.165) is 17.8 Å². The number of fused-ring (bicyclic) bond motifs is 4. The molecule has 7 heterocycles. The standard InChI is InChI=1S/C12H15N.3C11H14N2/c1-12(2,3)11-6-4-5-9-7-13-8-10(9)11;1-11(2,3)9-5-7-13-10-8(9)4-6-12-10;1-11(2,3)9-6-8-4-5-12-10(8)13-7-9;1-11(2,3)9-8-12-13-7-5-4-6-10(9)13/h4-6,8H,7H2,1-3H3;2*4-7H,1-3H3,(H,12,13);4-8H,1-3H3. The molecular weight excluding hydrogens is 639 g/mol. The van der Waals surface area contributed by atoms with Crippen LogP contribution in [0.3, 0.4) is 0 Å². The van der Waals surface area contributed by atoms with Gasteiger partial charge in [-0.1, -0.05) is 107 Å². The van der Waals surface area contributed by atoms with Gasteiger partial charge in [-0.2, -0.15) is 5.10 Å². The van der Waals surface area contributed by atoms with Crippen molar-refractivity contribution in [2.45, 2.75) is 111 Å². The SMILES string of the molecule is CC(C)(C)c1cccc2c1C=NC2.CC(C)(C)c1ccnc2[nH]ccc12.CC(C)(C)c1cnc2[nH]ccc2c1.CC(C)(C)c1cnn2ccccc12. The maximum Gasteiger partial charge on any atom is 0.137 e. The summed E-state index contributed by atoms with van der Waals surface area (Å²) >= 11 is 0. The van der Waals surface area contributed by atoms with Gasteiger partial charge in [0.15, 0.2) is 0 Å². The van der Waals surface area contributed by atoms with Crippen molar-refractivity contribution in [3.63, 3.8) is 0 Å². The summed E-state index contributed by atoms with van der Waals surface area (Å²) in [6.07, 6.45) is 13.6. The fourth-order valence-corrected chi connectivity index (χ4v) is 6.27. The van der Waals surface area contributed by atoms with Crippen molar-refractivity contribution in [2.24, 2.45) is 4.99 Å². The molecule has 7 nitrogen and oxygen atoms in total. The predicted octanol–water partition coefficient (Wildman–Crippen LogP) is 11.3. The Morgan fingerprint density at radius 1 is 0.615 bits per heavy atom. The van der Waals surface area contributed by atoms with Crippen LogP contribution in [-0.2, 0) is 28.2 Å². The third-order valence-electron chi connectivity index (χ3n) is 9.26. The third-order valence-corrected chi connectivity index (χ3v) is 9.26. The Balaban J connectivity index is 0.000000134. The highest BCUT2D eigenvalue weighted by Gasteiger charge is 2.21. The van der Waals surface area contributed by atoms with Gasteiger partial charge in [0, 0.05) is 59.1 Å². The summed E-state index contributed by atoms with van der Waals surface area (Å²) in [4.78, 5) is 19.1. The van der Waals surface area contributed by atoms with E-state index in [0.29, 0.717) is 0 Å². The van der Waals surface area contributed by atoms with E-state index in [9.17, 15) is 0 Å². The highest BCUT2D eigenvalue weighted by molar-refractivity contribution is 5.87. The molecule has 7 heteroatoms. The van der Waals surface area contributed by atoms with E-state index in [2.05, 4.69) is 162 Å². The molecule has 272 valence electrons. The van der Waals surface area contributed by atoms with Crippen LogP contribution < -0.4 is 0 Å². The average molecular weight is 696 g/mol. The number of hydrogen-bond donors (Lipinski definition) is 2. The Bertz CT molecular complexity index is 2260. The lowest BCUT2D eigenvalue weighted by Gasteiger charge is -2.21. The summed E-state index contributed by atoms with van der Waals surface area (Å²) < 4.78 is 1.92. The number of rotatable bonds is 0. The van der Waals surface area contributed by atoms with Gasteiger partial charge in [-0.05, 0) is 80.3 Å². The third kappa shape index (κ3) is 9.05. The molecule has 0 spiro atoms. The lowest BCUT2D eigenvalue weighted by molar-refractivity contribution is 0.588. The van der Waals surface area contributed by atoms with Crippen molar-refractivity contribution < 1.29 is 0 Å². The number of benzene rings is 1. The van der Waals surface area contributed by atoms with E-state index in [1.54, 1.807) is 0 Å². The number of aliphatic imine (C=N–C) groups is 1. The molecule has 0 aliphatic carbocycles. The van der Waals surface area contributed by atoms with Gasteiger partial charge in [-0.15, -0.1) is 0 Å². The minimum Gasteiger partial charge on any atom is -0.346 e. The van der Waals surface area contributed by atoms with Gasteiger partial charge in [0.05, 0.1) is 18.3 Å². The first-order valence-corrected chi connectivity index (χ1v) is 18.3. The smallest absolute Gasteiger partial charge is 0.137 e. The van der Waals surface area contributed by atoms with Crippen molar-refractivity contribution in [3.05, 3.63) is 131 Å². The van der Waals surface area contributed by atoms with Gasteiger partial charge in [0.1, 0.15) is 11.3 Å². The molecule has 1 aliphatic rings. The number of pyridine rings is 3. The summed E-state index contributed by atoms with van der Waals surface area (Å²) in [7, 11) is 0. The molecule has 0 atom stereocenters. The van der Waals surface area contributed by atoms with Crippen molar-refractivity contribution in [2.75, 3.05) is 0 Å². The molecule has 0 radical (unpaired) electrons. The fourth-order valence-electron chi connectivity index (χ4n) is 6.27. The van der Waals surface area contributed by atoms with E-state index in [1.807, 2.05) is 60.0 Å². The van der Waals surface area contributed by atoms with E-state index in [-0.39, 0.29) is 21.7 Å². The van der Waals surface area contributed by atoms with Crippen molar-refractivity contribution >= 4 is 33.8 Å². The highest BCUT2D eigenvalue weighted by atomic mass is 15.2.